The molecule has 0 saturated carbocycles. The van der Waals surface area contributed by atoms with E-state index in [-0.39, 0.29) is 6.42 Å². The predicted molar refractivity (Wildman–Crippen MR) is 107 cm³/mol. The van der Waals surface area contributed by atoms with Crippen molar-refractivity contribution in [1.29, 1.82) is 0 Å². The lowest BCUT2D eigenvalue weighted by Crippen LogP contribution is -2.27. The van der Waals surface area contributed by atoms with E-state index in [1.54, 1.807) is 0 Å². The van der Waals surface area contributed by atoms with Gasteiger partial charge in [-0.05, 0) is 55.9 Å². The molecule has 2 bridgehead atoms. The monoisotopic (exact) mass is 374 g/mol. The Hall–Kier alpha value is -1.26. The Morgan fingerprint density at radius 1 is 1.15 bits per heavy atom. The standard InChI is InChI=1S/C22H30O3S/c23-22(24)11-7-2-1-6-10-18-19(21-13-12-20(18)26-21)14-15-25-16-17-8-4-3-5-9-17/h1,3-6,8-9,18-21H,2,7,10-16H2,(H,23,24)/b6-1-/t18-,19+,20-,21+/m1/s1. The Labute approximate surface area is 161 Å². The van der Waals surface area contributed by atoms with Crippen LogP contribution in [-0.4, -0.2) is 28.2 Å². The van der Waals surface area contributed by atoms with Crippen LogP contribution in [0, 0.1) is 11.8 Å². The Balaban J connectivity index is 1.39. The number of hydrogen-bond acceptors (Lipinski definition) is 3. The van der Waals surface area contributed by atoms with Crippen molar-refractivity contribution in [3.8, 4) is 0 Å². The van der Waals surface area contributed by atoms with Gasteiger partial charge in [-0.15, -0.1) is 0 Å². The van der Waals surface area contributed by atoms with E-state index in [2.05, 4.69) is 48.2 Å². The summed E-state index contributed by atoms with van der Waals surface area (Å²) in [5.74, 6) is 0.853. The molecule has 0 aliphatic carbocycles. The van der Waals surface area contributed by atoms with Crippen LogP contribution in [0.1, 0.15) is 50.5 Å². The minimum absolute atomic E-state index is 0.274. The second-order valence-corrected chi connectivity index (χ2v) is 8.92. The van der Waals surface area contributed by atoms with E-state index < -0.39 is 5.97 Å². The molecule has 3 rings (SSSR count). The molecule has 0 spiro atoms. The molecule has 3 nitrogen and oxygen atoms in total. The third kappa shape index (κ3) is 5.62. The largest absolute Gasteiger partial charge is 0.481 e. The number of carboxylic acids is 1. The zero-order chi connectivity index (χ0) is 18.2. The van der Waals surface area contributed by atoms with Crippen LogP contribution in [0.15, 0.2) is 42.5 Å². The third-order valence-corrected chi connectivity index (χ3v) is 7.50. The Bertz CT molecular complexity index is 586. The number of carboxylic acid groups (broad SMARTS) is 1. The Morgan fingerprint density at radius 2 is 1.92 bits per heavy atom. The van der Waals surface area contributed by atoms with Crippen molar-refractivity contribution >= 4 is 17.7 Å². The lowest BCUT2D eigenvalue weighted by molar-refractivity contribution is -0.137. The molecule has 2 fully saturated rings. The van der Waals surface area contributed by atoms with Gasteiger partial charge in [0.1, 0.15) is 0 Å². The van der Waals surface area contributed by atoms with Crippen LogP contribution in [0.4, 0.5) is 0 Å². The maximum Gasteiger partial charge on any atom is 0.303 e. The third-order valence-electron chi connectivity index (χ3n) is 5.63. The highest BCUT2D eigenvalue weighted by Gasteiger charge is 2.46. The minimum atomic E-state index is -0.696. The summed E-state index contributed by atoms with van der Waals surface area (Å²) in [5.41, 5.74) is 1.25. The number of allylic oxidation sites excluding steroid dienone is 2. The molecule has 1 N–H and O–H groups in total. The van der Waals surface area contributed by atoms with Crippen LogP contribution >= 0.6 is 11.8 Å². The second-order valence-electron chi connectivity index (χ2n) is 7.44. The van der Waals surface area contributed by atoms with Crippen molar-refractivity contribution in [2.75, 3.05) is 6.61 Å². The molecule has 1 aromatic rings. The highest BCUT2D eigenvalue weighted by molar-refractivity contribution is 8.01. The van der Waals surface area contributed by atoms with E-state index in [9.17, 15) is 4.79 Å². The van der Waals surface area contributed by atoms with Gasteiger partial charge in [0.2, 0.25) is 0 Å². The molecule has 0 unspecified atom stereocenters. The fourth-order valence-electron chi connectivity index (χ4n) is 4.32. The van der Waals surface area contributed by atoms with Crippen molar-refractivity contribution in [3.05, 3.63) is 48.0 Å². The van der Waals surface area contributed by atoms with Gasteiger partial charge < -0.3 is 9.84 Å². The van der Waals surface area contributed by atoms with Crippen LogP contribution in [0.3, 0.4) is 0 Å². The van der Waals surface area contributed by atoms with Gasteiger partial charge in [0, 0.05) is 23.5 Å². The molecule has 26 heavy (non-hydrogen) atoms. The summed E-state index contributed by atoms with van der Waals surface area (Å²) in [6.45, 7) is 1.56. The van der Waals surface area contributed by atoms with Crippen molar-refractivity contribution in [3.63, 3.8) is 0 Å². The molecular formula is C22H30O3S. The first-order valence-electron chi connectivity index (χ1n) is 9.88. The average Bonchev–Trinajstić information content (AvgIpc) is 3.24. The number of unbranched alkanes of at least 4 members (excludes halogenated alkanes) is 1. The highest BCUT2D eigenvalue weighted by Crippen LogP contribution is 2.55. The maximum atomic E-state index is 10.5. The zero-order valence-corrected chi connectivity index (χ0v) is 16.2. The second kappa shape index (κ2) is 10.2. The van der Waals surface area contributed by atoms with Crippen LogP contribution < -0.4 is 0 Å². The normalized spacial score (nSPS) is 27.4. The summed E-state index contributed by atoms with van der Waals surface area (Å²) >= 11 is 2.21. The summed E-state index contributed by atoms with van der Waals surface area (Å²) in [6.07, 6.45) is 11.4. The number of thioether (sulfide) groups is 1. The zero-order valence-electron chi connectivity index (χ0n) is 15.4. The fraction of sp³-hybridized carbons (Fsp3) is 0.591. The molecule has 2 heterocycles. The molecule has 0 radical (unpaired) electrons. The van der Waals surface area contributed by atoms with Crippen LogP contribution in [0.5, 0.6) is 0 Å². The molecule has 4 atom stereocenters. The summed E-state index contributed by atoms with van der Waals surface area (Å²) in [7, 11) is 0. The van der Waals surface area contributed by atoms with Gasteiger partial charge in [0.05, 0.1) is 6.61 Å². The number of fused-ring (bicyclic) bond motifs is 2. The number of benzene rings is 1. The van der Waals surface area contributed by atoms with E-state index >= 15 is 0 Å². The first-order valence-corrected chi connectivity index (χ1v) is 10.8. The van der Waals surface area contributed by atoms with E-state index in [1.165, 1.54) is 24.8 Å². The topological polar surface area (TPSA) is 46.5 Å². The molecule has 0 amide bonds. The van der Waals surface area contributed by atoms with Gasteiger partial charge in [-0.2, -0.15) is 11.8 Å². The van der Waals surface area contributed by atoms with Crippen molar-refractivity contribution in [1.82, 2.24) is 0 Å². The average molecular weight is 375 g/mol. The summed E-state index contributed by atoms with van der Waals surface area (Å²) in [6, 6.07) is 10.4. The summed E-state index contributed by atoms with van der Waals surface area (Å²) < 4.78 is 5.93. The predicted octanol–water partition coefficient (Wildman–Crippen LogP) is 5.30. The molecule has 1 aromatic carbocycles. The SMILES string of the molecule is O=C(O)CCC/C=C\C[C@@H]1[C@H](CCOCc2ccccc2)[C@@H]2CC[C@H]1S2. The Kier molecular flexibility index (Phi) is 7.63. The van der Waals surface area contributed by atoms with Crippen LogP contribution in [0.2, 0.25) is 0 Å². The van der Waals surface area contributed by atoms with Crippen molar-refractivity contribution in [2.24, 2.45) is 11.8 Å². The lowest BCUT2D eigenvalue weighted by atomic mass is 9.76. The van der Waals surface area contributed by atoms with Gasteiger partial charge in [-0.1, -0.05) is 42.5 Å². The van der Waals surface area contributed by atoms with E-state index in [1.807, 2.05) is 6.07 Å². The molecule has 142 valence electrons. The first kappa shape index (κ1) is 19.5. The number of ether oxygens (including phenoxy) is 1. The van der Waals surface area contributed by atoms with E-state index in [4.69, 9.17) is 9.84 Å². The Morgan fingerprint density at radius 3 is 2.69 bits per heavy atom. The lowest BCUT2D eigenvalue weighted by Gasteiger charge is -2.29. The summed E-state index contributed by atoms with van der Waals surface area (Å²) in [4.78, 5) is 10.5. The molecular weight excluding hydrogens is 344 g/mol. The van der Waals surface area contributed by atoms with Gasteiger partial charge in [-0.3, -0.25) is 4.79 Å². The molecule has 4 heteroatoms. The van der Waals surface area contributed by atoms with Gasteiger partial charge >= 0.3 is 5.97 Å². The van der Waals surface area contributed by atoms with Gasteiger partial charge in [0.15, 0.2) is 0 Å². The number of carbonyl (C=O) groups is 1. The number of rotatable bonds is 11. The van der Waals surface area contributed by atoms with E-state index in [0.29, 0.717) is 6.61 Å². The quantitative estimate of drug-likeness (QED) is 0.421. The first-order chi connectivity index (χ1) is 12.7. The van der Waals surface area contributed by atoms with Crippen LogP contribution in [0.25, 0.3) is 0 Å². The fourth-order valence-corrected chi connectivity index (χ4v) is 6.37. The number of aliphatic carboxylic acids is 1. The smallest absolute Gasteiger partial charge is 0.303 e. The molecule has 2 aliphatic rings. The minimum Gasteiger partial charge on any atom is -0.481 e. The van der Waals surface area contributed by atoms with Crippen molar-refractivity contribution in [2.45, 2.75) is 62.1 Å². The van der Waals surface area contributed by atoms with Crippen molar-refractivity contribution < 1.29 is 14.6 Å². The molecule has 2 aliphatic heterocycles. The van der Waals surface area contributed by atoms with E-state index in [0.717, 1.165) is 48.2 Å². The van der Waals surface area contributed by atoms with Gasteiger partial charge in [0.25, 0.3) is 0 Å². The highest BCUT2D eigenvalue weighted by atomic mass is 32.2. The van der Waals surface area contributed by atoms with Gasteiger partial charge in [-0.25, -0.2) is 0 Å². The number of hydrogen-bond donors (Lipinski definition) is 1. The molecule has 0 aromatic heterocycles. The maximum absolute atomic E-state index is 10.5. The van der Waals surface area contributed by atoms with Crippen LogP contribution in [-0.2, 0) is 16.1 Å². The summed E-state index contributed by atoms with van der Waals surface area (Å²) in [5, 5.41) is 10.3. The molecule has 2 saturated heterocycles.